The minimum Gasteiger partial charge on any atom is -0.481 e. The van der Waals surface area contributed by atoms with Crippen LogP contribution in [-0.2, 0) is 14.9 Å². The lowest BCUT2D eigenvalue weighted by Crippen LogP contribution is -2.29. The molecule has 0 spiro atoms. The van der Waals surface area contributed by atoms with E-state index in [1.54, 1.807) is 20.2 Å². The molecule has 0 amide bonds. The van der Waals surface area contributed by atoms with Gasteiger partial charge in [-0.25, -0.2) is 4.79 Å². The average Bonchev–Trinajstić information content (AvgIpc) is 2.84. The number of nitrogens with zero attached hydrogens (tertiary/aromatic N) is 1. The van der Waals surface area contributed by atoms with Gasteiger partial charge >= 0.3 is 5.97 Å². The number of aromatic amines is 1. The van der Waals surface area contributed by atoms with Crippen molar-refractivity contribution in [2.45, 2.75) is 26.2 Å². The lowest BCUT2D eigenvalue weighted by molar-refractivity contribution is -0.136. The highest BCUT2D eigenvalue weighted by Crippen LogP contribution is 2.38. The second-order valence-electron chi connectivity index (χ2n) is 6.17. The number of esters is 1. The molecule has 3 rings (SSSR count). The number of hydrogen-bond acceptors (Lipinski definition) is 5. The summed E-state index contributed by atoms with van der Waals surface area (Å²) in [6, 6.07) is 3.81. The molecule has 0 aliphatic carbocycles. The topological polar surface area (TPSA) is 76.2 Å². The van der Waals surface area contributed by atoms with Crippen molar-refractivity contribution in [3.8, 4) is 5.88 Å². The Morgan fingerprint density at radius 2 is 2.17 bits per heavy atom. The number of nitrogens with one attached hydrogen (secondary N) is 2. The maximum absolute atomic E-state index is 12.3. The van der Waals surface area contributed by atoms with Crippen molar-refractivity contribution in [3.63, 3.8) is 0 Å². The molecular weight excluding hydrogens is 294 g/mol. The van der Waals surface area contributed by atoms with E-state index in [9.17, 15) is 4.79 Å². The van der Waals surface area contributed by atoms with E-state index in [4.69, 9.17) is 9.47 Å². The van der Waals surface area contributed by atoms with Gasteiger partial charge < -0.3 is 19.8 Å². The minimum absolute atomic E-state index is 0.172. The van der Waals surface area contributed by atoms with Crippen LogP contribution in [0, 0.1) is 0 Å². The van der Waals surface area contributed by atoms with Crippen LogP contribution in [0.3, 0.4) is 0 Å². The number of aromatic nitrogens is 2. The van der Waals surface area contributed by atoms with E-state index in [0.29, 0.717) is 30.3 Å². The molecular formula is C17H21N3O3. The molecule has 6 nitrogen and oxygen atoms in total. The van der Waals surface area contributed by atoms with Gasteiger partial charge in [-0.2, -0.15) is 4.98 Å². The van der Waals surface area contributed by atoms with E-state index in [1.165, 1.54) is 0 Å². The highest BCUT2D eigenvalue weighted by Gasteiger charge is 2.33. The zero-order chi connectivity index (χ0) is 16.6. The van der Waals surface area contributed by atoms with E-state index >= 15 is 0 Å². The largest absolute Gasteiger partial charge is 0.481 e. The lowest BCUT2D eigenvalue weighted by atomic mass is 9.82. The second kappa shape index (κ2) is 5.61. The molecule has 0 bridgehead atoms. The molecule has 2 N–H and O–H groups in total. The Kier molecular flexibility index (Phi) is 3.75. The fourth-order valence-corrected chi connectivity index (χ4v) is 3.01. The van der Waals surface area contributed by atoms with Gasteiger partial charge in [-0.05, 0) is 18.6 Å². The van der Waals surface area contributed by atoms with Crippen LogP contribution in [0.15, 0.2) is 18.3 Å². The predicted molar refractivity (Wildman–Crippen MR) is 88.3 cm³/mol. The van der Waals surface area contributed by atoms with Crippen LogP contribution in [0.1, 0.15) is 32.0 Å². The highest BCUT2D eigenvalue weighted by molar-refractivity contribution is 6.17. The van der Waals surface area contributed by atoms with Crippen LogP contribution in [0.5, 0.6) is 5.88 Å². The van der Waals surface area contributed by atoms with Crippen LogP contribution in [0.2, 0.25) is 0 Å². The van der Waals surface area contributed by atoms with Gasteiger partial charge in [-0.3, -0.25) is 0 Å². The third kappa shape index (κ3) is 2.54. The molecule has 2 aromatic rings. The Balaban J connectivity index is 2.25. The number of carbonyl (C=O) groups is 1. The van der Waals surface area contributed by atoms with Gasteiger partial charge in [-0.15, -0.1) is 0 Å². The third-order valence-corrected chi connectivity index (χ3v) is 4.07. The summed E-state index contributed by atoms with van der Waals surface area (Å²) in [5.41, 5.74) is 2.85. The van der Waals surface area contributed by atoms with Crippen LogP contribution in [0.4, 0.5) is 0 Å². The first-order chi connectivity index (χ1) is 11.0. The minimum atomic E-state index is -0.350. The maximum Gasteiger partial charge on any atom is 0.341 e. The maximum atomic E-state index is 12.3. The monoisotopic (exact) mass is 315 g/mol. The summed E-state index contributed by atoms with van der Waals surface area (Å²) in [4.78, 5) is 20.1. The summed E-state index contributed by atoms with van der Waals surface area (Å²) >= 11 is 0. The molecule has 0 radical (unpaired) electrons. The fourth-order valence-electron chi connectivity index (χ4n) is 3.01. The molecule has 6 heteroatoms. The number of carbonyl (C=O) groups excluding carboxylic acids is 1. The van der Waals surface area contributed by atoms with E-state index in [-0.39, 0.29) is 11.4 Å². The first-order valence-corrected chi connectivity index (χ1v) is 7.66. The third-order valence-electron chi connectivity index (χ3n) is 4.07. The summed E-state index contributed by atoms with van der Waals surface area (Å²) in [6.07, 6.45) is 1.72. The second-order valence-corrected chi connectivity index (χ2v) is 6.17. The van der Waals surface area contributed by atoms with Gasteiger partial charge in [0.15, 0.2) is 0 Å². The first kappa shape index (κ1) is 15.4. The Morgan fingerprint density at radius 1 is 1.39 bits per heavy atom. The summed E-state index contributed by atoms with van der Waals surface area (Å²) in [7, 11) is 1.58. The standard InChI is InChI=1S/C17H21N3O3/c1-5-23-16(21)11-8-18-9-17(2,3)13-10-6-7-12(22-4)19-15(10)20-14(11)13/h6-8,18H,5,9H2,1-4H3,(H,19,20). The molecule has 23 heavy (non-hydrogen) atoms. The molecule has 1 aliphatic rings. The molecule has 1 aliphatic heterocycles. The molecule has 0 saturated carbocycles. The van der Waals surface area contributed by atoms with Crippen molar-refractivity contribution < 1.29 is 14.3 Å². The smallest absolute Gasteiger partial charge is 0.341 e. The van der Waals surface area contributed by atoms with E-state index < -0.39 is 0 Å². The van der Waals surface area contributed by atoms with Gasteiger partial charge in [0.1, 0.15) is 5.65 Å². The number of H-pyrrole nitrogens is 1. The molecule has 122 valence electrons. The van der Waals surface area contributed by atoms with Crippen LogP contribution < -0.4 is 10.1 Å². The SMILES string of the molecule is CCOC(=O)C1=CNCC(C)(C)c2c1[nH]c1nc(OC)ccc21. The lowest BCUT2D eigenvalue weighted by Gasteiger charge is -2.24. The highest BCUT2D eigenvalue weighted by atomic mass is 16.5. The van der Waals surface area contributed by atoms with Crippen molar-refractivity contribution in [3.05, 3.63) is 29.6 Å². The molecule has 0 saturated heterocycles. The number of ether oxygens (including phenoxy) is 2. The van der Waals surface area contributed by atoms with Crippen LogP contribution in [0.25, 0.3) is 16.6 Å². The molecule has 0 aromatic carbocycles. The number of methoxy groups -OCH3 is 1. The van der Waals surface area contributed by atoms with E-state index in [1.807, 2.05) is 12.1 Å². The first-order valence-electron chi connectivity index (χ1n) is 7.66. The molecule has 2 aromatic heterocycles. The van der Waals surface area contributed by atoms with Gasteiger partial charge in [0.25, 0.3) is 0 Å². The van der Waals surface area contributed by atoms with Crippen molar-refractivity contribution in [1.82, 2.24) is 15.3 Å². The number of rotatable bonds is 3. The zero-order valence-corrected chi connectivity index (χ0v) is 13.8. The van der Waals surface area contributed by atoms with Gasteiger partial charge in [-0.1, -0.05) is 13.8 Å². The van der Waals surface area contributed by atoms with Crippen LogP contribution >= 0.6 is 0 Å². The summed E-state index contributed by atoms with van der Waals surface area (Å²) in [6.45, 7) is 7.12. The van der Waals surface area contributed by atoms with Gasteiger partial charge in [0, 0.05) is 29.6 Å². The molecule has 0 fully saturated rings. The Bertz CT molecular complexity index is 790. The fraction of sp³-hybridized carbons (Fsp3) is 0.412. The van der Waals surface area contributed by atoms with Crippen molar-refractivity contribution >= 4 is 22.6 Å². The van der Waals surface area contributed by atoms with Crippen molar-refractivity contribution in [2.24, 2.45) is 0 Å². The summed E-state index contributed by atoms with van der Waals surface area (Å²) < 4.78 is 10.4. The molecule has 0 atom stereocenters. The molecule has 3 heterocycles. The Hall–Kier alpha value is -2.50. The Morgan fingerprint density at radius 3 is 2.87 bits per heavy atom. The van der Waals surface area contributed by atoms with Crippen molar-refractivity contribution in [1.29, 1.82) is 0 Å². The number of hydrogen-bond donors (Lipinski definition) is 2. The summed E-state index contributed by atoms with van der Waals surface area (Å²) in [5.74, 6) is 0.184. The van der Waals surface area contributed by atoms with E-state index in [0.717, 1.165) is 16.6 Å². The van der Waals surface area contributed by atoms with E-state index in [2.05, 4.69) is 29.1 Å². The zero-order valence-electron chi connectivity index (χ0n) is 13.8. The average molecular weight is 315 g/mol. The van der Waals surface area contributed by atoms with Gasteiger partial charge in [0.05, 0.1) is 25.0 Å². The van der Waals surface area contributed by atoms with Gasteiger partial charge in [0.2, 0.25) is 5.88 Å². The van der Waals surface area contributed by atoms with Crippen LogP contribution in [-0.4, -0.2) is 36.2 Å². The number of pyridine rings is 1. The predicted octanol–water partition coefficient (Wildman–Crippen LogP) is 2.36. The molecule has 0 unspecified atom stereocenters. The number of fused-ring (bicyclic) bond motifs is 3. The summed E-state index contributed by atoms with van der Waals surface area (Å²) in [5, 5.41) is 4.21. The quantitative estimate of drug-likeness (QED) is 0.850. The normalized spacial score (nSPS) is 16.1. The van der Waals surface area contributed by atoms with Crippen molar-refractivity contribution in [2.75, 3.05) is 20.3 Å². The Labute approximate surface area is 134 Å².